The second-order valence-electron chi connectivity index (χ2n) is 8.67. The Morgan fingerprint density at radius 1 is 1.14 bits per heavy atom. The number of aromatic nitrogens is 2. The first-order chi connectivity index (χ1) is 16.8. The van der Waals surface area contributed by atoms with Crippen molar-refractivity contribution in [2.24, 2.45) is 5.92 Å². The lowest BCUT2D eigenvalue weighted by Crippen LogP contribution is -2.34. The summed E-state index contributed by atoms with van der Waals surface area (Å²) in [5.41, 5.74) is 0.907. The molecule has 1 aromatic heterocycles. The zero-order chi connectivity index (χ0) is 25.0. The molecule has 0 bridgehead atoms. The number of carbonyl (C=O) groups is 1. The molecule has 10 heteroatoms. The number of rotatable bonds is 11. The fraction of sp³-hybridized carbons (Fsp3) is 0.360. The van der Waals surface area contributed by atoms with Crippen LogP contribution in [-0.2, 0) is 33.4 Å². The lowest BCUT2D eigenvalue weighted by molar-refractivity contribution is 0.0725. The molecule has 0 saturated heterocycles. The van der Waals surface area contributed by atoms with Crippen molar-refractivity contribution in [2.75, 3.05) is 20.3 Å². The van der Waals surface area contributed by atoms with Crippen molar-refractivity contribution in [1.82, 2.24) is 14.5 Å². The molecule has 0 radical (unpaired) electrons. The first-order valence-electron chi connectivity index (χ1n) is 11.3. The molecule has 1 amide bonds. The van der Waals surface area contributed by atoms with Gasteiger partial charge in [-0.2, -0.15) is 0 Å². The van der Waals surface area contributed by atoms with Gasteiger partial charge >= 0.3 is 0 Å². The largest absolute Gasteiger partial charge is 0.383 e. The van der Waals surface area contributed by atoms with Gasteiger partial charge in [0.05, 0.1) is 36.4 Å². The summed E-state index contributed by atoms with van der Waals surface area (Å²) in [5.74, 6) is -1.52. The SMILES string of the molecule is COCCn1c(CN(CC2CC2)C(=O)c2ccccc2F)cnc1S(=O)(=O)Cc1ccc(F)cc1. The number of sulfone groups is 1. The molecule has 0 aliphatic heterocycles. The molecule has 35 heavy (non-hydrogen) atoms. The maximum atomic E-state index is 14.3. The van der Waals surface area contributed by atoms with Gasteiger partial charge in [-0.05, 0) is 48.6 Å². The summed E-state index contributed by atoms with van der Waals surface area (Å²) >= 11 is 0. The third kappa shape index (κ3) is 6.12. The number of hydrogen-bond donors (Lipinski definition) is 0. The lowest BCUT2D eigenvalue weighted by Gasteiger charge is -2.24. The highest BCUT2D eigenvalue weighted by Gasteiger charge is 2.30. The molecule has 7 nitrogen and oxygen atoms in total. The van der Waals surface area contributed by atoms with E-state index in [9.17, 15) is 22.0 Å². The number of nitrogens with zero attached hydrogens (tertiary/aromatic N) is 3. The molecule has 1 heterocycles. The van der Waals surface area contributed by atoms with Crippen LogP contribution < -0.4 is 0 Å². The third-order valence-electron chi connectivity index (χ3n) is 5.89. The van der Waals surface area contributed by atoms with Crippen LogP contribution in [0.4, 0.5) is 8.78 Å². The fourth-order valence-corrected chi connectivity index (χ4v) is 5.40. The minimum Gasteiger partial charge on any atom is -0.383 e. The van der Waals surface area contributed by atoms with Crippen molar-refractivity contribution in [3.8, 4) is 0 Å². The van der Waals surface area contributed by atoms with E-state index in [2.05, 4.69) is 4.98 Å². The summed E-state index contributed by atoms with van der Waals surface area (Å²) in [6.07, 6.45) is 3.41. The van der Waals surface area contributed by atoms with Crippen molar-refractivity contribution in [1.29, 1.82) is 0 Å². The Hall–Kier alpha value is -3.11. The topological polar surface area (TPSA) is 81.5 Å². The highest BCUT2D eigenvalue weighted by atomic mass is 32.2. The van der Waals surface area contributed by atoms with Crippen molar-refractivity contribution in [2.45, 2.75) is 36.8 Å². The van der Waals surface area contributed by atoms with Gasteiger partial charge in [-0.15, -0.1) is 0 Å². The Kier molecular flexibility index (Phi) is 7.61. The predicted octanol–water partition coefficient (Wildman–Crippen LogP) is 3.83. The molecule has 1 aliphatic carbocycles. The average Bonchev–Trinajstić information content (AvgIpc) is 3.56. The van der Waals surface area contributed by atoms with Crippen molar-refractivity contribution in [3.05, 3.63) is 83.2 Å². The zero-order valence-electron chi connectivity index (χ0n) is 19.4. The standard InChI is InChI=1S/C25H27F2N3O4S/c1-34-13-12-30-21(14-28-25(30)35(32,33)17-19-8-10-20(26)11-9-19)16-29(15-18-6-7-18)24(31)22-4-2-3-5-23(22)27/h2-5,8-11,14,18H,6-7,12-13,15-17H2,1H3. The Balaban J connectivity index is 1.64. The van der Waals surface area contributed by atoms with Gasteiger partial charge in [0.2, 0.25) is 15.0 Å². The van der Waals surface area contributed by atoms with Crippen LogP contribution in [0.5, 0.6) is 0 Å². The summed E-state index contributed by atoms with van der Waals surface area (Å²) < 4.78 is 60.7. The summed E-state index contributed by atoms with van der Waals surface area (Å²) in [4.78, 5) is 18.9. The van der Waals surface area contributed by atoms with Gasteiger partial charge in [0, 0.05) is 20.2 Å². The Morgan fingerprint density at radius 2 is 1.86 bits per heavy atom. The maximum Gasteiger partial charge on any atom is 0.257 e. The predicted molar refractivity (Wildman–Crippen MR) is 125 cm³/mol. The normalized spacial score (nSPS) is 13.7. The number of carbonyl (C=O) groups excluding carboxylic acids is 1. The van der Waals surface area contributed by atoms with Crippen molar-refractivity contribution >= 4 is 15.7 Å². The number of benzene rings is 2. The van der Waals surface area contributed by atoms with E-state index in [1.165, 1.54) is 60.3 Å². The first kappa shape index (κ1) is 25.0. The zero-order valence-corrected chi connectivity index (χ0v) is 20.2. The van der Waals surface area contributed by atoms with Gasteiger partial charge in [0.25, 0.3) is 5.91 Å². The highest BCUT2D eigenvalue weighted by molar-refractivity contribution is 7.90. The van der Waals surface area contributed by atoms with Gasteiger partial charge in [0.1, 0.15) is 11.6 Å². The van der Waals surface area contributed by atoms with Crippen LogP contribution in [0.15, 0.2) is 59.9 Å². The number of hydrogen-bond acceptors (Lipinski definition) is 5. The molecule has 1 saturated carbocycles. The van der Waals surface area contributed by atoms with Gasteiger partial charge in [-0.25, -0.2) is 22.2 Å². The van der Waals surface area contributed by atoms with Gasteiger partial charge in [0.15, 0.2) is 0 Å². The number of ether oxygens (including phenoxy) is 1. The molecule has 2 aromatic carbocycles. The van der Waals surface area contributed by atoms with Crippen molar-refractivity contribution < 1.29 is 26.7 Å². The molecule has 186 valence electrons. The van der Waals surface area contributed by atoms with E-state index < -0.39 is 27.4 Å². The molecule has 0 unspecified atom stereocenters. The third-order valence-corrected chi connectivity index (χ3v) is 7.48. The van der Waals surface area contributed by atoms with Crippen LogP contribution in [0.25, 0.3) is 0 Å². The molecule has 1 fully saturated rings. The van der Waals surface area contributed by atoms with Crippen LogP contribution in [0, 0.1) is 17.6 Å². The monoisotopic (exact) mass is 503 g/mol. The van der Waals surface area contributed by atoms with Gasteiger partial charge in [-0.3, -0.25) is 4.79 Å². The van der Waals surface area contributed by atoms with Crippen LogP contribution in [0.1, 0.15) is 34.5 Å². The fourth-order valence-electron chi connectivity index (χ4n) is 3.88. The minimum absolute atomic E-state index is 0.0275. The minimum atomic E-state index is -3.88. The number of halogens is 2. The molecular weight excluding hydrogens is 476 g/mol. The van der Waals surface area contributed by atoms with Crippen LogP contribution in [0.2, 0.25) is 0 Å². The highest BCUT2D eigenvalue weighted by Crippen LogP contribution is 2.31. The van der Waals surface area contributed by atoms with E-state index in [0.717, 1.165) is 12.8 Å². The summed E-state index contributed by atoms with van der Waals surface area (Å²) in [5, 5.41) is -0.154. The van der Waals surface area contributed by atoms with Crippen LogP contribution >= 0.6 is 0 Å². The first-order valence-corrected chi connectivity index (χ1v) is 13.0. The van der Waals surface area contributed by atoms with Gasteiger partial charge < -0.3 is 14.2 Å². The van der Waals surface area contributed by atoms with E-state index >= 15 is 0 Å². The smallest absolute Gasteiger partial charge is 0.257 e. The number of methoxy groups -OCH3 is 1. The van der Waals surface area contributed by atoms with Crippen LogP contribution in [0.3, 0.4) is 0 Å². The Labute approximate surface area is 203 Å². The average molecular weight is 504 g/mol. The summed E-state index contributed by atoms with van der Waals surface area (Å²) in [7, 11) is -2.38. The molecule has 0 atom stereocenters. The summed E-state index contributed by atoms with van der Waals surface area (Å²) in [6.45, 7) is 0.952. The summed E-state index contributed by atoms with van der Waals surface area (Å²) in [6, 6.07) is 11.1. The molecule has 4 rings (SSSR count). The molecule has 0 spiro atoms. The quantitative estimate of drug-likeness (QED) is 0.397. The number of amides is 1. The van der Waals surface area contributed by atoms with E-state index in [-0.39, 0.29) is 36.2 Å². The molecule has 3 aromatic rings. The Bertz CT molecular complexity index is 1290. The van der Waals surface area contributed by atoms with E-state index in [0.29, 0.717) is 23.7 Å². The second-order valence-corrected chi connectivity index (χ2v) is 10.6. The van der Waals surface area contributed by atoms with Crippen LogP contribution in [-0.4, -0.2) is 49.0 Å². The van der Waals surface area contributed by atoms with E-state index in [1.54, 1.807) is 11.0 Å². The Morgan fingerprint density at radius 3 is 2.51 bits per heavy atom. The van der Waals surface area contributed by atoms with E-state index in [4.69, 9.17) is 4.74 Å². The second kappa shape index (κ2) is 10.7. The maximum absolute atomic E-state index is 14.3. The number of imidazole rings is 1. The lowest BCUT2D eigenvalue weighted by atomic mass is 10.1. The van der Waals surface area contributed by atoms with Gasteiger partial charge in [-0.1, -0.05) is 24.3 Å². The molecule has 1 aliphatic rings. The van der Waals surface area contributed by atoms with Crippen molar-refractivity contribution in [3.63, 3.8) is 0 Å². The molecule has 0 N–H and O–H groups in total. The molecular formula is C25H27F2N3O4S. The van der Waals surface area contributed by atoms with E-state index in [1.807, 2.05) is 0 Å².